The van der Waals surface area contributed by atoms with E-state index < -0.39 is 0 Å². The predicted molar refractivity (Wildman–Crippen MR) is 184 cm³/mol. The Labute approximate surface area is 243 Å². The Balaban J connectivity index is -0.000000572. The summed E-state index contributed by atoms with van der Waals surface area (Å²) >= 11 is 0. The number of hydrogen-bond acceptors (Lipinski definition) is 2. The average molecular weight is 531 g/mol. The smallest absolute Gasteiger partial charge is 0.0450 e. The first-order valence-corrected chi connectivity index (χ1v) is 14.3. The third kappa shape index (κ3) is 22.4. The van der Waals surface area contributed by atoms with E-state index in [9.17, 15) is 0 Å². The van der Waals surface area contributed by atoms with Gasteiger partial charge in [0.1, 0.15) is 0 Å². The van der Waals surface area contributed by atoms with Gasteiger partial charge in [0.2, 0.25) is 0 Å². The van der Waals surface area contributed by atoms with E-state index in [4.69, 9.17) is 0 Å². The maximum atomic E-state index is 4.34. The summed E-state index contributed by atoms with van der Waals surface area (Å²) in [6.07, 6.45) is 21.0. The van der Waals surface area contributed by atoms with Crippen LogP contribution in [0.2, 0.25) is 0 Å². The fourth-order valence-electron chi connectivity index (χ4n) is 2.91. The summed E-state index contributed by atoms with van der Waals surface area (Å²) in [6.45, 7) is 32.2. The second-order valence-corrected chi connectivity index (χ2v) is 9.28. The molecule has 0 saturated heterocycles. The highest BCUT2D eigenvalue weighted by Gasteiger charge is 2.02. The Morgan fingerprint density at radius 3 is 2.10 bits per heavy atom. The number of allylic oxidation sites excluding steroid dienone is 9. The molecular weight excluding hydrogens is 472 g/mol. The van der Waals surface area contributed by atoms with Crippen LogP contribution in [0.1, 0.15) is 98.3 Å². The molecule has 0 saturated carbocycles. The van der Waals surface area contributed by atoms with Gasteiger partial charge >= 0.3 is 0 Å². The van der Waals surface area contributed by atoms with E-state index in [-0.39, 0.29) is 0 Å². The quantitative estimate of drug-likeness (QED) is 0.201. The van der Waals surface area contributed by atoms with E-state index in [2.05, 4.69) is 108 Å². The summed E-state index contributed by atoms with van der Waals surface area (Å²) in [5.41, 5.74) is 8.07. The fourth-order valence-corrected chi connectivity index (χ4v) is 2.91. The van der Waals surface area contributed by atoms with E-state index in [0.29, 0.717) is 0 Å². The molecule has 0 aromatic heterocycles. The minimum Gasteiger partial charge on any atom is -0.296 e. The van der Waals surface area contributed by atoms with Gasteiger partial charge in [-0.05, 0) is 69.2 Å². The first kappa shape index (κ1) is 40.2. The van der Waals surface area contributed by atoms with Crippen molar-refractivity contribution < 1.29 is 0 Å². The van der Waals surface area contributed by atoms with Crippen molar-refractivity contribution in [2.24, 2.45) is 15.9 Å². The first-order valence-electron chi connectivity index (χ1n) is 14.3. The van der Waals surface area contributed by atoms with Gasteiger partial charge in [-0.2, -0.15) is 0 Å². The van der Waals surface area contributed by atoms with Crippen LogP contribution in [0.3, 0.4) is 0 Å². The minimum atomic E-state index is 0.744. The van der Waals surface area contributed by atoms with Crippen LogP contribution in [0.15, 0.2) is 107 Å². The lowest BCUT2D eigenvalue weighted by atomic mass is 10.0. The summed E-state index contributed by atoms with van der Waals surface area (Å²) < 4.78 is 0. The molecule has 0 bridgehead atoms. The predicted octanol–water partition coefficient (Wildman–Crippen LogP) is 11.7. The maximum absolute atomic E-state index is 4.34. The zero-order valence-corrected chi connectivity index (χ0v) is 27.1. The van der Waals surface area contributed by atoms with Crippen LogP contribution in [-0.4, -0.2) is 19.0 Å². The molecule has 0 unspecified atom stereocenters. The van der Waals surface area contributed by atoms with Crippen molar-refractivity contribution in [3.8, 4) is 0 Å². The van der Waals surface area contributed by atoms with E-state index >= 15 is 0 Å². The van der Waals surface area contributed by atoms with E-state index in [0.717, 1.165) is 29.2 Å². The van der Waals surface area contributed by atoms with Gasteiger partial charge in [-0.3, -0.25) is 9.98 Å². The van der Waals surface area contributed by atoms with Crippen molar-refractivity contribution in [3.63, 3.8) is 0 Å². The summed E-state index contributed by atoms with van der Waals surface area (Å²) in [7, 11) is 1.81. The molecule has 0 spiro atoms. The zero-order chi connectivity index (χ0) is 30.6. The molecule has 0 aliphatic heterocycles. The van der Waals surface area contributed by atoms with Crippen LogP contribution < -0.4 is 0 Å². The largest absolute Gasteiger partial charge is 0.296 e. The average Bonchev–Trinajstić information content (AvgIpc) is 2.92. The molecule has 39 heavy (non-hydrogen) atoms. The molecule has 0 N–H and O–H groups in total. The van der Waals surface area contributed by atoms with Gasteiger partial charge in [0.25, 0.3) is 0 Å². The molecule has 0 fully saturated rings. The number of aliphatic imine (C=N–C) groups is 2. The van der Waals surface area contributed by atoms with Gasteiger partial charge in [-0.1, -0.05) is 133 Å². The molecule has 0 aliphatic rings. The number of nitrogens with zero attached hydrogens (tertiary/aromatic N) is 2. The van der Waals surface area contributed by atoms with E-state index in [1.165, 1.54) is 35.1 Å². The molecule has 0 aliphatic carbocycles. The topological polar surface area (TPSA) is 24.7 Å². The molecule has 1 aromatic carbocycles. The Bertz CT molecular complexity index is 992. The van der Waals surface area contributed by atoms with E-state index in [1.54, 1.807) is 12.3 Å². The van der Waals surface area contributed by atoms with Crippen LogP contribution >= 0.6 is 0 Å². The normalized spacial score (nSPS) is 12.2. The summed E-state index contributed by atoms with van der Waals surface area (Å²) in [5, 5.41) is 0. The third-order valence-electron chi connectivity index (χ3n) is 5.06. The van der Waals surface area contributed by atoms with Crippen molar-refractivity contribution in [1.29, 1.82) is 0 Å². The van der Waals surface area contributed by atoms with Gasteiger partial charge in [-0.25, -0.2) is 0 Å². The molecule has 0 radical (unpaired) electrons. The molecule has 216 valence electrons. The van der Waals surface area contributed by atoms with Gasteiger partial charge in [0.15, 0.2) is 0 Å². The monoisotopic (exact) mass is 530 g/mol. The second-order valence-electron chi connectivity index (χ2n) is 9.28. The van der Waals surface area contributed by atoms with Crippen LogP contribution in [0.5, 0.6) is 0 Å². The molecular formula is C37H58N2. The lowest BCUT2D eigenvalue weighted by Gasteiger charge is -2.06. The highest BCUT2D eigenvalue weighted by Crippen LogP contribution is 2.15. The van der Waals surface area contributed by atoms with Gasteiger partial charge < -0.3 is 0 Å². The first-order chi connectivity index (χ1) is 18.6. The Kier molecular flexibility index (Phi) is 28.6. The summed E-state index contributed by atoms with van der Waals surface area (Å²) in [6, 6.07) is 6.27. The minimum absolute atomic E-state index is 0.744. The second kappa shape index (κ2) is 27.8. The summed E-state index contributed by atoms with van der Waals surface area (Å²) in [5.74, 6) is 0.744. The zero-order valence-electron chi connectivity index (χ0n) is 27.1. The lowest BCUT2D eigenvalue weighted by molar-refractivity contribution is 0.594. The molecule has 2 nitrogen and oxygen atoms in total. The maximum Gasteiger partial charge on any atom is 0.0450 e. The molecule has 2 heteroatoms. The Morgan fingerprint density at radius 2 is 1.62 bits per heavy atom. The molecule has 1 rings (SSSR count). The highest BCUT2D eigenvalue weighted by atomic mass is 14.7. The highest BCUT2D eigenvalue weighted by molar-refractivity contribution is 6.02. The number of benzene rings is 1. The SMILES string of the molecule is C=C/C=C\N=C(C)c1ccc(C)cc1C=C.C=C\C(C)=C/C=C(C)/C(C=NC)=C/CCC(C)C.CC.CCC. The van der Waals surface area contributed by atoms with Crippen LogP contribution in [0.4, 0.5) is 0 Å². The van der Waals surface area contributed by atoms with Crippen LogP contribution in [0.25, 0.3) is 6.08 Å². The molecule has 1 aromatic rings. The fraction of sp³-hybridized carbons (Fsp3) is 0.405. The van der Waals surface area contributed by atoms with Gasteiger partial charge in [0, 0.05) is 30.7 Å². The van der Waals surface area contributed by atoms with E-state index in [1.807, 2.05) is 59.2 Å². The molecule has 0 atom stereocenters. The standard InChI is InChI=1S/C17H27N.C15H17N.C3H8.C2H6/c1-7-15(4)11-12-16(5)17(13-18-6)10-8-9-14(2)3;1-5-7-10-16-13(4)15-9-8-12(3)11-14(15)6-2;1-3-2;1-2/h7,10-14H,1,8-9H2,2-6H3;5-11H,1-2H2,3-4H3;3H2,1-2H3;1-2H3/b15-11-,16-12+,17-10+,18-13?;10-7-,16-13?;;. The lowest BCUT2D eigenvalue weighted by Crippen LogP contribution is -1.97. The van der Waals surface area contributed by atoms with Crippen molar-refractivity contribution in [1.82, 2.24) is 0 Å². The third-order valence-corrected chi connectivity index (χ3v) is 5.06. The van der Waals surface area contributed by atoms with Crippen molar-refractivity contribution >= 4 is 18.0 Å². The van der Waals surface area contributed by atoms with Crippen molar-refractivity contribution in [3.05, 3.63) is 114 Å². The Hall–Kier alpha value is -3.26. The number of aryl methyl sites for hydroxylation is 1. The number of rotatable bonds is 11. The van der Waals surface area contributed by atoms with Crippen molar-refractivity contribution in [2.45, 2.75) is 88.5 Å². The molecule has 0 heterocycles. The molecule has 0 amide bonds. The van der Waals surface area contributed by atoms with Crippen molar-refractivity contribution in [2.75, 3.05) is 7.05 Å². The summed E-state index contributed by atoms with van der Waals surface area (Å²) in [4.78, 5) is 8.47. The van der Waals surface area contributed by atoms with Crippen LogP contribution in [0, 0.1) is 12.8 Å². The Morgan fingerprint density at radius 1 is 1.00 bits per heavy atom. The van der Waals surface area contributed by atoms with Gasteiger partial charge in [0.05, 0.1) is 0 Å². The number of hydrogen-bond donors (Lipinski definition) is 0. The van der Waals surface area contributed by atoms with Crippen LogP contribution in [-0.2, 0) is 0 Å². The van der Waals surface area contributed by atoms with Gasteiger partial charge in [-0.15, -0.1) is 0 Å².